The summed E-state index contributed by atoms with van der Waals surface area (Å²) in [4.78, 5) is 20.5. The lowest BCUT2D eigenvalue weighted by atomic mass is 10.1. The normalized spacial score (nSPS) is 12.1. The third kappa shape index (κ3) is 3.65. The number of hydrogen-bond acceptors (Lipinski definition) is 4. The largest absolute Gasteiger partial charge is 0.468 e. The van der Waals surface area contributed by atoms with Gasteiger partial charge in [-0.1, -0.05) is 23.7 Å². The average molecular weight is 345 g/mol. The zero-order valence-corrected chi connectivity index (χ0v) is 14.1. The summed E-state index contributed by atoms with van der Waals surface area (Å²) in [5, 5.41) is 3.56. The van der Waals surface area contributed by atoms with Crippen LogP contribution in [-0.4, -0.2) is 26.9 Å². The molecule has 0 aliphatic carbocycles. The number of nitrogens with one attached hydrogen (secondary N) is 1. The molecule has 0 saturated carbocycles. The Kier molecular flexibility index (Phi) is 4.66. The number of nitrogens with zero attached hydrogens (tertiary/aromatic N) is 3. The van der Waals surface area contributed by atoms with Crippen LogP contribution in [0.4, 0.5) is 0 Å². The van der Waals surface area contributed by atoms with Gasteiger partial charge >= 0.3 is 0 Å². The van der Waals surface area contributed by atoms with E-state index in [1.54, 1.807) is 35.0 Å². The Balaban J connectivity index is 1.62. The first-order valence-corrected chi connectivity index (χ1v) is 7.89. The Morgan fingerprint density at radius 1 is 1.38 bits per heavy atom. The summed E-state index contributed by atoms with van der Waals surface area (Å²) < 4.78 is 7.32. The summed E-state index contributed by atoms with van der Waals surface area (Å²) in [5.74, 6) is 0.865. The van der Waals surface area contributed by atoms with Gasteiger partial charge in [-0.3, -0.25) is 9.20 Å². The summed E-state index contributed by atoms with van der Waals surface area (Å²) in [5.41, 5.74) is 1.75. The van der Waals surface area contributed by atoms with Gasteiger partial charge in [0.25, 0.3) is 5.91 Å². The average Bonchev–Trinajstić information content (AvgIpc) is 3.01. The maximum absolute atomic E-state index is 12.1. The number of aryl methyl sites for hydroxylation is 1. The molecule has 24 heavy (non-hydrogen) atoms. The minimum atomic E-state index is -0.208. The smallest absolute Gasteiger partial charge is 0.258 e. The highest BCUT2D eigenvalue weighted by Crippen LogP contribution is 2.17. The number of amides is 1. The molecular formula is C17H17ClN4O2. The molecule has 0 aliphatic heterocycles. The van der Waals surface area contributed by atoms with Crippen molar-refractivity contribution >= 4 is 23.3 Å². The van der Waals surface area contributed by atoms with Crippen LogP contribution in [0.5, 0.6) is 5.88 Å². The summed E-state index contributed by atoms with van der Waals surface area (Å²) in [6.07, 6.45) is 3.38. The van der Waals surface area contributed by atoms with Crippen LogP contribution < -0.4 is 10.1 Å². The number of aromatic nitrogens is 3. The summed E-state index contributed by atoms with van der Waals surface area (Å²) in [6.45, 7) is 3.67. The zero-order chi connectivity index (χ0) is 17.1. The Hall–Kier alpha value is -2.60. The summed E-state index contributed by atoms with van der Waals surface area (Å²) in [6, 6.07) is 9.00. The topological polar surface area (TPSA) is 68.5 Å². The second-order valence-electron chi connectivity index (χ2n) is 5.46. The van der Waals surface area contributed by atoms with Gasteiger partial charge in [-0.05, 0) is 31.5 Å². The number of halogens is 1. The maximum Gasteiger partial charge on any atom is 0.258 e. The number of carbonyl (C=O) groups excluding carboxylic acids is 1. The van der Waals surface area contributed by atoms with Gasteiger partial charge in [-0.2, -0.15) is 0 Å². The first-order chi connectivity index (χ1) is 11.5. The molecule has 0 spiro atoms. The van der Waals surface area contributed by atoms with E-state index >= 15 is 0 Å². The number of ether oxygens (including phenoxy) is 1. The van der Waals surface area contributed by atoms with Crippen molar-refractivity contribution in [1.29, 1.82) is 0 Å². The second kappa shape index (κ2) is 6.88. The van der Waals surface area contributed by atoms with E-state index in [0.29, 0.717) is 16.7 Å². The molecule has 3 rings (SSSR count). The minimum absolute atomic E-state index is 0.0886. The standard InChI is InChI=1S/C17H17ClN4O2/c1-11-9-16(22-8-7-19-17(22)20-11)24-10-15(23)21-12(2)13-3-5-14(18)6-4-13/h3-9,12H,10H2,1-2H3,(H,21,23)/t12-/m1/s1. The Bertz CT molecular complexity index is 861. The fourth-order valence-electron chi connectivity index (χ4n) is 2.36. The number of hydrogen-bond donors (Lipinski definition) is 1. The molecule has 1 atom stereocenters. The van der Waals surface area contributed by atoms with Crippen molar-refractivity contribution in [3.05, 3.63) is 59.0 Å². The van der Waals surface area contributed by atoms with E-state index in [0.717, 1.165) is 11.3 Å². The van der Waals surface area contributed by atoms with Crippen LogP contribution in [0.3, 0.4) is 0 Å². The maximum atomic E-state index is 12.1. The molecule has 0 fully saturated rings. The van der Waals surface area contributed by atoms with Crippen LogP contribution in [0.1, 0.15) is 24.2 Å². The first kappa shape index (κ1) is 16.3. The van der Waals surface area contributed by atoms with Crippen LogP contribution in [-0.2, 0) is 4.79 Å². The van der Waals surface area contributed by atoms with Crippen LogP contribution in [0.15, 0.2) is 42.7 Å². The van der Waals surface area contributed by atoms with E-state index in [-0.39, 0.29) is 18.6 Å². The lowest BCUT2D eigenvalue weighted by Gasteiger charge is -2.15. The van der Waals surface area contributed by atoms with E-state index in [2.05, 4.69) is 15.3 Å². The zero-order valence-electron chi connectivity index (χ0n) is 13.4. The molecule has 2 aromatic heterocycles. The first-order valence-electron chi connectivity index (χ1n) is 7.51. The molecule has 0 radical (unpaired) electrons. The summed E-state index contributed by atoms with van der Waals surface area (Å²) in [7, 11) is 0. The van der Waals surface area contributed by atoms with Crippen molar-refractivity contribution in [2.24, 2.45) is 0 Å². The van der Waals surface area contributed by atoms with Crippen LogP contribution in [0.25, 0.3) is 5.78 Å². The molecular weight excluding hydrogens is 328 g/mol. The fraction of sp³-hybridized carbons (Fsp3) is 0.235. The van der Waals surface area contributed by atoms with Gasteiger partial charge in [0.15, 0.2) is 6.61 Å². The molecule has 124 valence electrons. The predicted molar refractivity (Wildman–Crippen MR) is 91.2 cm³/mol. The van der Waals surface area contributed by atoms with Gasteiger partial charge < -0.3 is 10.1 Å². The molecule has 0 aliphatic rings. The van der Waals surface area contributed by atoms with Crippen molar-refractivity contribution in [3.63, 3.8) is 0 Å². The Morgan fingerprint density at radius 2 is 2.12 bits per heavy atom. The van der Waals surface area contributed by atoms with Gasteiger partial charge in [0.05, 0.1) is 6.04 Å². The van der Waals surface area contributed by atoms with Crippen molar-refractivity contribution in [2.75, 3.05) is 6.61 Å². The van der Waals surface area contributed by atoms with Crippen LogP contribution in [0.2, 0.25) is 5.02 Å². The number of carbonyl (C=O) groups is 1. The number of benzene rings is 1. The number of fused-ring (bicyclic) bond motifs is 1. The Labute approximate surface area is 144 Å². The minimum Gasteiger partial charge on any atom is -0.468 e. The van der Waals surface area contributed by atoms with Crippen molar-refractivity contribution < 1.29 is 9.53 Å². The van der Waals surface area contributed by atoms with Crippen molar-refractivity contribution in [2.45, 2.75) is 19.9 Å². The van der Waals surface area contributed by atoms with E-state index < -0.39 is 0 Å². The second-order valence-corrected chi connectivity index (χ2v) is 5.90. The molecule has 1 amide bonds. The lowest BCUT2D eigenvalue weighted by Crippen LogP contribution is -2.31. The van der Waals surface area contributed by atoms with Gasteiger partial charge in [0, 0.05) is 29.2 Å². The highest BCUT2D eigenvalue weighted by Gasteiger charge is 2.12. The molecule has 0 saturated heterocycles. The lowest BCUT2D eigenvalue weighted by molar-refractivity contribution is -0.123. The monoisotopic (exact) mass is 344 g/mol. The Morgan fingerprint density at radius 3 is 2.88 bits per heavy atom. The van der Waals surface area contributed by atoms with Gasteiger partial charge in [0.2, 0.25) is 11.7 Å². The molecule has 6 nitrogen and oxygen atoms in total. The SMILES string of the molecule is Cc1cc(OCC(=O)N[C@H](C)c2ccc(Cl)cc2)n2ccnc2n1. The summed E-state index contributed by atoms with van der Waals surface area (Å²) >= 11 is 5.87. The highest BCUT2D eigenvalue weighted by molar-refractivity contribution is 6.30. The van der Waals surface area contributed by atoms with E-state index in [4.69, 9.17) is 16.3 Å². The van der Waals surface area contributed by atoms with Crippen molar-refractivity contribution in [1.82, 2.24) is 19.7 Å². The third-order valence-corrected chi connectivity index (χ3v) is 3.82. The van der Waals surface area contributed by atoms with Crippen LogP contribution in [0, 0.1) is 6.92 Å². The highest BCUT2D eigenvalue weighted by atomic mass is 35.5. The molecule has 1 aromatic carbocycles. The molecule has 1 N–H and O–H groups in total. The van der Waals surface area contributed by atoms with Crippen molar-refractivity contribution in [3.8, 4) is 5.88 Å². The van der Waals surface area contributed by atoms with Gasteiger partial charge in [0.1, 0.15) is 0 Å². The molecule has 3 aromatic rings. The van der Waals surface area contributed by atoms with E-state index in [1.807, 2.05) is 26.0 Å². The van der Waals surface area contributed by atoms with E-state index in [9.17, 15) is 4.79 Å². The molecule has 7 heteroatoms. The van der Waals surface area contributed by atoms with Gasteiger partial charge in [-0.25, -0.2) is 9.97 Å². The number of imidazole rings is 1. The molecule has 0 unspecified atom stereocenters. The third-order valence-electron chi connectivity index (χ3n) is 3.57. The molecule has 0 bridgehead atoms. The van der Waals surface area contributed by atoms with Crippen LogP contribution >= 0.6 is 11.6 Å². The predicted octanol–water partition coefficient (Wildman–Crippen LogP) is 2.95. The quantitative estimate of drug-likeness (QED) is 0.772. The fourth-order valence-corrected chi connectivity index (χ4v) is 2.48. The number of rotatable bonds is 5. The van der Waals surface area contributed by atoms with Gasteiger partial charge in [-0.15, -0.1) is 0 Å². The molecule has 2 heterocycles. The van der Waals surface area contributed by atoms with E-state index in [1.165, 1.54) is 0 Å².